The van der Waals surface area contributed by atoms with Gasteiger partial charge in [0.05, 0.1) is 4.92 Å². The summed E-state index contributed by atoms with van der Waals surface area (Å²) >= 11 is 0. The summed E-state index contributed by atoms with van der Waals surface area (Å²) in [5, 5.41) is 10.3. The highest BCUT2D eigenvalue weighted by Crippen LogP contribution is 2.17. The predicted molar refractivity (Wildman–Crippen MR) is 49.4 cm³/mol. The van der Waals surface area contributed by atoms with Crippen LogP contribution in [-0.2, 0) is 0 Å². The Labute approximate surface area is 72.9 Å². The number of nitrogens with zero attached hydrogens (tertiary/aromatic N) is 1. The van der Waals surface area contributed by atoms with Gasteiger partial charge >= 0.3 is 0 Å². The van der Waals surface area contributed by atoms with Crippen LogP contribution in [0.2, 0.25) is 0 Å². The van der Waals surface area contributed by atoms with Crippen molar-refractivity contribution in [2.75, 3.05) is 0 Å². The SMILES string of the molecule is CC.CC1=C([N+](=O)[O-])C=CCC1. The molecular weight excluding hydrogens is 154 g/mol. The molecule has 0 N–H and O–H groups in total. The number of hydrogen-bond acceptors (Lipinski definition) is 2. The molecule has 0 radical (unpaired) electrons. The number of allylic oxidation sites excluding steroid dienone is 3. The smallest absolute Gasteiger partial charge is 0.258 e. The molecule has 0 saturated heterocycles. The Hall–Kier alpha value is -1.12. The van der Waals surface area contributed by atoms with Crippen LogP contribution in [-0.4, -0.2) is 4.92 Å². The summed E-state index contributed by atoms with van der Waals surface area (Å²) in [7, 11) is 0. The minimum Gasteiger partial charge on any atom is -0.258 e. The lowest BCUT2D eigenvalue weighted by atomic mass is 10.0. The Kier molecular flexibility index (Phi) is 5.00. The van der Waals surface area contributed by atoms with Crippen LogP contribution in [0.4, 0.5) is 0 Å². The minimum atomic E-state index is -0.328. The maximum atomic E-state index is 10.3. The van der Waals surface area contributed by atoms with Gasteiger partial charge in [-0.15, -0.1) is 0 Å². The van der Waals surface area contributed by atoms with Crippen molar-refractivity contribution in [3.63, 3.8) is 0 Å². The van der Waals surface area contributed by atoms with E-state index in [1.165, 1.54) is 0 Å². The first kappa shape index (κ1) is 10.9. The topological polar surface area (TPSA) is 43.1 Å². The molecular formula is C9H15NO2. The van der Waals surface area contributed by atoms with Gasteiger partial charge in [-0.3, -0.25) is 10.1 Å². The summed E-state index contributed by atoms with van der Waals surface area (Å²) in [6.45, 7) is 5.81. The molecule has 0 fully saturated rings. The molecule has 0 heterocycles. The quantitative estimate of drug-likeness (QED) is 0.447. The summed E-state index contributed by atoms with van der Waals surface area (Å²) in [5.74, 6) is 0. The monoisotopic (exact) mass is 169 g/mol. The van der Waals surface area contributed by atoms with Gasteiger partial charge in [-0.25, -0.2) is 0 Å². The van der Waals surface area contributed by atoms with Crippen LogP contribution in [0.1, 0.15) is 33.6 Å². The third-order valence-electron chi connectivity index (χ3n) is 1.60. The van der Waals surface area contributed by atoms with Gasteiger partial charge < -0.3 is 0 Å². The Morgan fingerprint density at radius 1 is 1.50 bits per heavy atom. The molecule has 12 heavy (non-hydrogen) atoms. The van der Waals surface area contributed by atoms with Crippen molar-refractivity contribution in [3.8, 4) is 0 Å². The molecule has 1 aliphatic carbocycles. The highest BCUT2D eigenvalue weighted by molar-refractivity contribution is 5.21. The van der Waals surface area contributed by atoms with Crippen molar-refractivity contribution in [1.82, 2.24) is 0 Å². The molecule has 0 aromatic heterocycles. The molecule has 0 amide bonds. The Bertz CT molecular complexity index is 217. The highest BCUT2D eigenvalue weighted by atomic mass is 16.6. The molecule has 0 aromatic rings. The van der Waals surface area contributed by atoms with Gasteiger partial charge in [0.25, 0.3) is 5.70 Å². The second-order valence-corrected chi connectivity index (χ2v) is 2.36. The van der Waals surface area contributed by atoms with E-state index in [9.17, 15) is 10.1 Å². The molecule has 0 aromatic carbocycles. The average molecular weight is 169 g/mol. The van der Waals surface area contributed by atoms with Gasteiger partial charge in [0, 0.05) is 11.6 Å². The zero-order chi connectivity index (χ0) is 9.56. The van der Waals surface area contributed by atoms with Crippen LogP contribution in [0.3, 0.4) is 0 Å². The van der Waals surface area contributed by atoms with Crippen molar-refractivity contribution in [3.05, 3.63) is 33.5 Å². The van der Waals surface area contributed by atoms with Gasteiger partial charge in [-0.05, 0) is 19.8 Å². The van der Waals surface area contributed by atoms with E-state index in [0.29, 0.717) is 0 Å². The first-order valence-corrected chi connectivity index (χ1v) is 4.22. The molecule has 0 saturated carbocycles. The maximum absolute atomic E-state index is 10.3. The van der Waals surface area contributed by atoms with E-state index in [1.54, 1.807) is 6.08 Å². The summed E-state index contributed by atoms with van der Waals surface area (Å²) in [5.41, 5.74) is 1.15. The lowest BCUT2D eigenvalue weighted by Crippen LogP contribution is -2.01. The van der Waals surface area contributed by atoms with Gasteiger partial charge in [0.1, 0.15) is 0 Å². The summed E-state index contributed by atoms with van der Waals surface area (Å²) in [6.07, 6.45) is 5.18. The van der Waals surface area contributed by atoms with Crippen molar-refractivity contribution in [1.29, 1.82) is 0 Å². The Morgan fingerprint density at radius 3 is 2.42 bits per heavy atom. The fraction of sp³-hybridized carbons (Fsp3) is 0.556. The number of rotatable bonds is 1. The van der Waals surface area contributed by atoms with E-state index in [1.807, 2.05) is 26.8 Å². The van der Waals surface area contributed by atoms with Gasteiger partial charge in [0.2, 0.25) is 0 Å². The summed E-state index contributed by atoms with van der Waals surface area (Å²) in [4.78, 5) is 9.93. The molecule has 3 heteroatoms. The van der Waals surface area contributed by atoms with E-state index in [4.69, 9.17) is 0 Å². The van der Waals surface area contributed by atoms with E-state index in [2.05, 4.69) is 0 Å². The molecule has 0 spiro atoms. The standard InChI is InChI=1S/C7H9NO2.C2H6/c1-6-4-2-3-5-7(6)8(9)10;1-2/h3,5H,2,4H2,1H3;1-2H3. The third-order valence-corrected chi connectivity index (χ3v) is 1.60. The molecule has 3 nitrogen and oxygen atoms in total. The molecule has 1 rings (SSSR count). The highest BCUT2D eigenvalue weighted by Gasteiger charge is 2.13. The maximum Gasteiger partial charge on any atom is 0.268 e. The second kappa shape index (κ2) is 5.52. The molecule has 0 unspecified atom stereocenters. The summed E-state index contributed by atoms with van der Waals surface area (Å²) in [6, 6.07) is 0. The Balaban J connectivity index is 0.000000561. The largest absolute Gasteiger partial charge is 0.268 e. The summed E-state index contributed by atoms with van der Waals surface area (Å²) < 4.78 is 0. The number of hydrogen-bond donors (Lipinski definition) is 0. The normalized spacial score (nSPS) is 15.2. The van der Waals surface area contributed by atoms with Crippen molar-refractivity contribution in [2.45, 2.75) is 33.6 Å². The number of nitro groups is 1. The van der Waals surface area contributed by atoms with Crippen LogP contribution in [0.25, 0.3) is 0 Å². The van der Waals surface area contributed by atoms with Crippen molar-refractivity contribution in [2.24, 2.45) is 0 Å². The van der Waals surface area contributed by atoms with Gasteiger partial charge in [-0.2, -0.15) is 0 Å². The van der Waals surface area contributed by atoms with E-state index < -0.39 is 0 Å². The molecule has 68 valence electrons. The molecule has 0 bridgehead atoms. The minimum absolute atomic E-state index is 0.270. The van der Waals surface area contributed by atoms with Crippen LogP contribution < -0.4 is 0 Å². The zero-order valence-electron chi connectivity index (χ0n) is 7.83. The van der Waals surface area contributed by atoms with Crippen molar-refractivity contribution < 1.29 is 4.92 Å². The van der Waals surface area contributed by atoms with E-state index in [-0.39, 0.29) is 10.6 Å². The van der Waals surface area contributed by atoms with Crippen LogP contribution in [0.15, 0.2) is 23.4 Å². The first-order chi connectivity index (χ1) is 5.72. The van der Waals surface area contributed by atoms with Crippen molar-refractivity contribution >= 4 is 0 Å². The zero-order valence-corrected chi connectivity index (χ0v) is 7.83. The second-order valence-electron chi connectivity index (χ2n) is 2.36. The van der Waals surface area contributed by atoms with Crippen LogP contribution in [0, 0.1) is 10.1 Å². The van der Waals surface area contributed by atoms with E-state index >= 15 is 0 Å². The fourth-order valence-electron chi connectivity index (χ4n) is 0.982. The predicted octanol–water partition coefficient (Wildman–Crippen LogP) is 2.91. The van der Waals surface area contributed by atoms with Gasteiger partial charge in [0.15, 0.2) is 0 Å². The fourth-order valence-corrected chi connectivity index (χ4v) is 0.982. The first-order valence-electron chi connectivity index (χ1n) is 4.22. The van der Waals surface area contributed by atoms with Crippen LogP contribution >= 0.6 is 0 Å². The van der Waals surface area contributed by atoms with Crippen LogP contribution in [0.5, 0.6) is 0 Å². The lowest BCUT2D eigenvalue weighted by Gasteiger charge is -2.03. The lowest BCUT2D eigenvalue weighted by molar-refractivity contribution is -0.420. The molecule has 1 aliphatic rings. The average Bonchev–Trinajstić information content (AvgIpc) is 2.08. The third kappa shape index (κ3) is 2.86. The van der Waals surface area contributed by atoms with E-state index in [0.717, 1.165) is 18.4 Å². The van der Waals surface area contributed by atoms with Gasteiger partial charge in [-0.1, -0.05) is 19.9 Å². The molecule has 0 aliphatic heterocycles. The molecule has 0 atom stereocenters. The Morgan fingerprint density at radius 2 is 2.08 bits per heavy atom.